The predicted molar refractivity (Wildman–Crippen MR) is 64.8 cm³/mol. The summed E-state index contributed by atoms with van der Waals surface area (Å²) in [5.41, 5.74) is 0. The second-order valence-corrected chi connectivity index (χ2v) is 6.09. The third-order valence-electron chi connectivity index (χ3n) is 1.57. The maximum absolute atomic E-state index is 9.14. The second-order valence-electron chi connectivity index (χ2n) is 2.95. The van der Waals surface area contributed by atoms with Crippen molar-refractivity contribution in [3.63, 3.8) is 0 Å². The molecule has 1 N–H and O–H groups in total. The van der Waals surface area contributed by atoms with Crippen molar-refractivity contribution in [1.82, 2.24) is 0 Å². The number of aliphatic hydroxyl groups excluding tert-OH is 1. The van der Waals surface area contributed by atoms with Crippen LogP contribution in [0, 0.1) is 0 Å². The standard InChI is InChI=1S/C8H15Br3O/c1-6(12)5-8(11)7(10)3-2-4-9/h6-8,12H,2-5H2,1H3. The fourth-order valence-corrected chi connectivity index (χ4v) is 2.60. The zero-order valence-electron chi connectivity index (χ0n) is 7.14. The maximum Gasteiger partial charge on any atom is 0.0523 e. The largest absolute Gasteiger partial charge is 0.393 e. The van der Waals surface area contributed by atoms with E-state index in [0.29, 0.717) is 9.65 Å². The molecular weight excluding hydrogens is 352 g/mol. The normalized spacial score (nSPS) is 18.8. The molecule has 3 unspecified atom stereocenters. The lowest BCUT2D eigenvalue weighted by Crippen LogP contribution is -2.19. The Hall–Kier alpha value is 1.40. The van der Waals surface area contributed by atoms with Gasteiger partial charge in [-0.05, 0) is 26.2 Å². The van der Waals surface area contributed by atoms with E-state index in [1.54, 1.807) is 0 Å². The fraction of sp³-hybridized carbons (Fsp3) is 1.00. The lowest BCUT2D eigenvalue weighted by molar-refractivity contribution is 0.184. The van der Waals surface area contributed by atoms with Gasteiger partial charge in [-0.1, -0.05) is 47.8 Å². The van der Waals surface area contributed by atoms with E-state index in [1.165, 1.54) is 0 Å². The van der Waals surface area contributed by atoms with E-state index in [2.05, 4.69) is 47.8 Å². The molecule has 0 rings (SSSR count). The van der Waals surface area contributed by atoms with Crippen molar-refractivity contribution in [2.45, 2.75) is 41.9 Å². The Bertz CT molecular complexity index is 108. The number of hydrogen-bond donors (Lipinski definition) is 1. The summed E-state index contributed by atoms with van der Waals surface area (Å²) in [6, 6.07) is 0. The van der Waals surface area contributed by atoms with Gasteiger partial charge in [0.1, 0.15) is 0 Å². The molecule has 0 aliphatic rings. The van der Waals surface area contributed by atoms with Gasteiger partial charge in [0.2, 0.25) is 0 Å². The number of hydrogen-bond acceptors (Lipinski definition) is 1. The quantitative estimate of drug-likeness (QED) is 0.714. The lowest BCUT2D eigenvalue weighted by atomic mass is 10.1. The van der Waals surface area contributed by atoms with Gasteiger partial charge in [-0.15, -0.1) is 0 Å². The third-order valence-corrected chi connectivity index (χ3v) is 4.95. The molecule has 1 nitrogen and oxygen atoms in total. The lowest BCUT2D eigenvalue weighted by Gasteiger charge is -2.17. The van der Waals surface area contributed by atoms with Crippen molar-refractivity contribution in [2.24, 2.45) is 0 Å². The van der Waals surface area contributed by atoms with Gasteiger partial charge < -0.3 is 5.11 Å². The van der Waals surface area contributed by atoms with Gasteiger partial charge >= 0.3 is 0 Å². The highest BCUT2D eigenvalue weighted by Gasteiger charge is 2.16. The summed E-state index contributed by atoms with van der Waals surface area (Å²) in [5.74, 6) is 0. The highest BCUT2D eigenvalue weighted by atomic mass is 79.9. The third kappa shape index (κ3) is 6.87. The first-order valence-corrected chi connectivity index (χ1v) is 7.05. The van der Waals surface area contributed by atoms with Crippen LogP contribution in [0.1, 0.15) is 26.2 Å². The molecule has 0 amide bonds. The summed E-state index contributed by atoms with van der Waals surface area (Å²) in [6.45, 7) is 1.82. The average molecular weight is 367 g/mol. The van der Waals surface area contributed by atoms with Gasteiger partial charge in [0.05, 0.1) is 6.10 Å². The molecule has 4 heteroatoms. The molecule has 12 heavy (non-hydrogen) atoms. The van der Waals surface area contributed by atoms with Crippen LogP contribution in [-0.2, 0) is 0 Å². The Balaban J connectivity index is 3.53. The molecular formula is C8H15Br3O. The zero-order chi connectivity index (χ0) is 9.56. The van der Waals surface area contributed by atoms with Gasteiger partial charge in [-0.3, -0.25) is 0 Å². The molecule has 0 aliphatic carbocycles. The minimum absolute atomic E-state index is 0.224. The summed E-state index contributed by atoms with van der Waals surface area (Å²) < 4.78 is 0. The number of halogens is 3. The molecule has 0 aliphatic heterocycles. The summed E-state index contributed by atoms with van der Waals surface area (Å²) in [4.78, 5) is 0.834. The van der Waals surface area contributed by atoms with E-state index in [1.807, 2.05) is 6.92 Å². The Morgan fingerprint density at radius 2 is 1.83 bits per heavy atom. The maximum atomic E-state index is 9.14. The van der Waals surface area contributed by atoms with Crippen molar-refractivity contribution in [1.29, 1.82) is 0 Å². The van der Waals surface area contributed by atoms with Crippen LogP contribution < -0.4 is 0 Å². The van der Waals surface area contributed by atoms with Gasteiger partial charge in [-0.2, -0.15) is 0 Å². The van der Waals surface area contributed by atoms with Crippen LogP contribution in [0.25, 0.3) is 0 Å². The minimum Gasteiger partial charge on any atom is -0.393 e. The summed E-state index contributed by atoms with van der Waals surface area (Å²) >= 11 is 10.5. The zero-order valence-corrected chi connectivity index (χ0v) is 11.9. The smallest absolute Gasteiger partial charge is 0.0523 e. The Morgan fingerprint density at radius 1 is 1.25 bits per heavy atom. The molecule has 0 aromatic heterocycles. The predicted octanol–water partition coefficient (Wildman–Crippen LogP) is 3.46. The molecule has 74 valence electrons. The first kappa shape index (κ1) is 13.4. The molecule has 0 aromatic carbocycles. The van der Waals surface area contributed by atoms with Crippen LogP contribution in [0.3, 0.4) is 0 Å². The van der Waals surface area contributed by atoms with Crippen LogP contribution in [0.5, 0.6) is 0 Å². The van der Waals surface area contributed by atoms with Crippen LogP contribution >= 0.6 is 47.8 Å². The number of alkyl halides is 3. The van der Waals surface area contributed by atoms with E-state index in [-0.39, 0.29) is 6.10 Å². The highest BCUT2D eigenvalue weighted by molar-refractivity contribution is 9.12. The average Bonchev–Trinajstić information content (AvgIpc) is 1.98. The van der Waals surface area contributed by atoms with Gasteiger partial charge in [0.15, 0.2) is 0 Å². The molecule has 0 radical (unpaired) electrons. The molecule has 3 atom stereocenters. The molecule has 0 aromatic rings. The van der Waals surface area contributed by atoms with Crippen molar-refractivity contribution in [3.05, 3.63) is 0 Å². The molecule has 0 saturated heterocycles. The van der Waals surface area contributed by atoms with Gasteiger partial charge in [0.25, 0.3) is 0 Å². The van der Waals surface area contributed by atoms with Crippen LogP contribution in [-0.4, -0.2) is 26.2 Å². The molecule has 0 bridgehead atoms. The molecule has 0 spiro atoms. The number of rotatable bonds is 6. The van der Waals surface area contributed by atoms with Crippen LogP contribution in [0.15, 0.2) is 0 Å². The summed E-state index contributed by atoms with van der Waals surface area (Å²) in [7, 11) is 0. The Kier molecular flexibility index (Phi) is 8.68. The first-order valence-electron chi connectivity index (χ1n) is 4.10. The second kappa shape index (κ2) is 7.77. The monoisotopic (exact) mass is 364 g/mol. The topological polar surface area (TPSA) is 20.2 Å². The van der Waals surface area contributed by atoms with E-state index in [4.69, 9.17) is 5.11 Å². The van der Waals surface area contributed by atoms with Crippen LogP contribution in [0.2, 0.25) is 0 Å². The van der Waals surface area contributed by atoms with Crippen molar-refractivity contribution in [3.8, 4) is 0 Å². The SMILES string of the molecule is CC(O)CC(Br)C(Br)CCCBr. The summed E-state index contributed by atoms with van der Waals surface area (Å²) in [5, 5.41) is 10.2. The van der Waals surface area contributed by atoms with Crippen molar-refractivity contribution < 1.29 is 5.11 Å². The van der Waals surface area contributed by atoms with Crippen molar-refractivity contribution in [2.75, 3.05) is 5.33 Å². The van der Waals surface area contributed by atoms with Gasteiger partial charge in [0, 0.05) is 15.0 Å². The van der Waals surface area contributed by atoms with E-state index < -0.39 is 0 Å². The number of aliphatic hydroxyl groups is 1. The first-order chi connectivity index (χ1) is 5.57. The van der Waals surface area contributed by atoms with Gasteiger partial charge in [-0.25, -0.2) is 0 Å². The molecule has 0 saturated carbocycles. The summed E-state index contributed by atoms with van der Waals surface area (Å²) in [6.07, 6.45) is 2.88. The van der Waals surface area contributed by atoms with Crippen molar-refractivity contribution >= 4 is 47.8 Å². The van der Waals surface area contributed by atoms with Crippen LogP contribution in [0.4, 0.5) is 0 Å². The Morgan fingerprint density at radius 3 is 2.25 bits per heavy atom. The Labute approximate surface area is 99.7 Å². The van der Waals surface area contributed by atoms with E-state index in [0.717, 1.165) is 24.6 Å². The molecule has 0 heterocycles. The van der Waals surface area contributed by atoms with E-state index >= 15 is 0 Å². The highest BCUT2D eigenvalue weighted by Crippen LogP contribution is 2.23. The van der Waals surface area contributed by atoms with E-state index in [9.17, 15) is 0 Å². The minimum atomic E-state index is -0.224. The molecule has 0 fully saturated rings. The fourth-order valence-electron chi connectivity index (χ4n) is 0.927.